The van der Waals surface area contributed by atoms with Crippen molar-refractivity contribution < 1.29 is 23.1 Å². The van der Waals surface area contributed by atoms with Gasteiger partial charge in [-0.2, -0.15) is 13.2 Å². The average Bonchev–Trinajstić information content (AvgIpc) is 2.18. The van der Waals surface area contributed by atoms with Gasteiger partial charge in [-0.25, -0.2) is 0 Å². The number of nitrogens with one attached hydrogen (secondary N) is 1. The minimum atomic E-state index is -4.48. The molecule has 0 bridgehead atoms. The second-order valence-electron chi connectivity index (χ2n) is 3.26. The van der Waals surface area contributed by atoms with E-state index >= 15 is 0 Å². The van der Waals surface area contributed by atoms with Crippen molar-refractivity contribution in [3.8, 4) is 0 Å². The third-order valence-corrected chi connectivity index (χ3v) is 2.43. The van der Waals surface area contributed by atoms with Gasteiger partial charge in [-0.1, -0.05) is 15.9 Å². The first-order chi connectivity index (χ1) is 7.80. The lowest BCUT2D eigenvalue weighted by Crippen LogP contribution is -2.13. The van der Waals surface area contributed by atoms with Gasteiger partial charge in [0.2, 0.25) is 0 Å². The zero-order valence-electron chi connectivity index (χ0n) is 8.51. The molecule has 0 atom stereocenters. The van der Waals surface area contributed by atoms with Crippen LogP contribution in [0.15, 0.2) is 22.7 Å². The zero-order chi connectivity index (χ0) is 13.1. The van der Waals surface area contributed by atoms with E-state index in [-0.39, 0.29) is 18.7 Å². The van der Waals surface area contributed by atoms with Crippen molar-refractivity contribution in [2.45, 2.75) is 12.6 Å². The number of alkyl halides is 3. The topological polar surface area (TPSA) is 49.3 Å². The van der Waals surface area contributed by atoms with Crippen LogP contribution in [0.5, 0.6) is 0 Å². The number of halogens is 4. The average molecular weight is 312 g/mol. The molecule has 94 valence electrons. The third kappa shape index (κ3) is 4.26. The van der Waals surface area contributed by atoms with Crippen molar-refractivity contribution in [1.29, 1.82) is 0 Å². The number of hydrogen-bond acceptors (Lipinski definition) is 2. The van der Waals surface area contributed by atoms with Crippen LogP contribution < -0.4 is 5.32 Å². The van der Waals surface area contributed by atoms with Gasteiger partial charge in [0.25, 0.3) is 0 Å². The van der Waals surface area contributed by atoms with E-state index in [2.05, 4.69) is 21.2 Å². The van der Waals surface area contributed by atoms with Crippen LogP contribution in [0.1, 0.15) is 12.0 Å². The van der Waals surface area contributed by atoms with Crippen molar-refractivity contribution in [1.82, 2.24) is 0 Å². The van der Waals surface area contributed by atoms with Crippen LogP contribution in [0.4, 0.5) is 18.9 Å². The largest absolute Gasteiger partial charge is 0.481 e. The van der Waals surface area contributed by atoms with Crippen molar-refractivity contribution in [2.24, 2.45) is 0 Å². The van der Waals surface area contributed by atoms with Crippen molar-refractivity contribution in [3.63, 3.8) is 0 Å². The van der Waals surface area contributed by atoms with E-state index in [1.54, 1.807) is 0 Å². The molecule has 0 unspecified atom stereocenters. The smallest absolute Gasteiger partial charge is 0.418 e. The zero-order valence-corrected chi connectivity index (χ0v) is 10.1. The Morgan fingerprint density at radius 2 is 2.06 bits per heavy atom. The first-order valence-corrected chi connectivity index (χ1v) is 5.42. The van der Waals surface area contributed by atoms with Crippen molar-refractivity contribution >= 4 is 27.6 Å². The molecule has 0 amide bonds. The number of carboxylic acid groups (broad SMARTS) is 1. The molecule has 0 aromatic heterocycles. The summed E-state index contributed by atoms with van der Waals surface area (Å²) < 4.78 is 38.2. The fourth-order valence-corrected chi connectivity index (χ4v) is 1.57. The van der Waals surface area contributed by atoms with Gasteiger partial charge in [0.15, 0.2) is 0 Å². The Balaban J connectivity index is 2.87. The second-order valence-corrected chi connectivity index (χ2v) is 4.17. The van der Waals surface area contributed by atoms with Gasteiger partial charge < -0.3 is 10.4 Å². The van der Waals surface area contributed by atoms with E-state index in [1.807, 2.05) is 0 Å². The number of aliphatic carboxylic acids is 1. The lowest BCUT2D eigenvalue weighted by Gasteiger charge is -2.14. The summed E-state index contributed by atoms with van der Waals surface area (Å²) in [6, 6.07) is 3.66. The molecule has 1 rings (SSSR count). The summed E-state index contributed by atoms with van der Waals surface area (Å²) in [6.45, 7) is -0.0555. The lowest BCUT2D eigenvalue weighted by molar-refractivity contribution is -0.137. The van der Waals surface area contributed by atoms with E-state index in [1.165, 1.54) is 12.1 Å². The Bertz CT molecular complexity index is 421. The molecular formula is C10H9BrF3NO2. The summed E-state index contributed by atoms with van der Waals surface area (Å²) in [6.07, 6.45) is -4.72. The maximum atomic E-state index is 12.6. The molecule has 0 heterocycles. The number of carboxylic acids is 1. The Hall–Kier alpha value is -1.24. The molecule has 0 aliphatic rings. The Kier molecular flexibility index (Phi) is 4.39. The maximum absolute atomic E-state index is 12.6. The fourth-order valence-electron chi connectivity index (χ4n) is 1.21. The maximum Gasteiger partial charge on any atom is 0.418 e. The van der Waals surface area contributed by atoms with Gasteiger partial charge in [-0.3, -0.25) is 4.79 Å². The Morgan fingerprint density at radius 3 is 2.59 bits per heavy atom. The normalized spacial score (nSPS) is 11.3. The summed E-state index contributed by atoms with van der Waals surface area (Å²) in [5.74, 6) is -1.07. The fraction of sp³-hybridized carbons (Fsp3) is 0.300. The molecule has 0 fully saturated rings. The third-order valence-electron chi connectivity index (χ3n) is 1.94. The molecule has 0 radical (unpaired) electrons. The molecule has 17 heavy (non-hydrogen) atoms. The van der Waals surface area contributed by atoms with Crippen LogP contribution in [-0.4, -0.2) is 17.6 Å². The second kappa shape index (κ2) is 5.39. The first kappa shape index (κ1) is 13.8. The van der Waals surface area contributed by atoms with E-state index in [0.29, 0.717) is 4.47 Å². The molecule has 7 heteroatoms. The number of hydrogen-bond donors (Lipinski definition) is 2. The van der Waals surface area contributed by atoms with Gasteiger partial charge in [-0.15, -0.1) is 0 Å². The van der Waals surface area contributed by atoms with Crippen molar-refractivity contribution in [2.75, 3.05) is 11.9 Å². The van der Waals surface area contributed by atoms with E-state index in [9.17, 15) is 18.0 Å². The van der Waals surface area contributed by atoms with Crippen LogP contribution in [0, 0.1) is 0 Å². The minimum Gasteiger partial charge on any atom is -0.481 e. The molecular weight excluding hydrogens is 303 g/mol. The first-order valence-electron chi connectivity index (χ1n) is 4.63. The highest BCUT2D eigenvalue weighted by molar-refractivity contribution is 9.10. The van der Waals surface area contributed by atoms with Crippen LogP contribution in [-0.2, 0) is 11.0 Å². The summed E-state index contributed by atoms with van der Waals surface area (Å²) in [4.78, 5) is 10.3. The summed E-state index contributed by atoms with van der Waals surface area (Å²) in [5.41, 5.74) is -0.945. The molecule has 3 nitrogen and oxygen atoms in total. The molecule has 1 aromatic carbocycles. The van der Waals surface area contributed by atoms with Gasteiger partial charge in [0, 0.05) is 16.7 Å². The summed E-state index contributed by atoms with van der Waals surface area (Å²) in [7, 11) is 0. The highest BCUT2D eigenvalue weighted by atomic mass is 79.9. The Morgan fingerprint density at radius 1 is 1.41 bits per heavy atom. The molecule has 1 aromatic rings. The minimum absolute atomic E-state index is 0.0555. The van der Waals surface area contributed by atoms with Gasteiger partial charge >= 0.3 is 12.1 Å². The van der Waals surface area contributed by atoms with Crippen LogP contribution in [0.2, 0.25) is 0 Å². The van der Waals surface area contributed by atoms with Gasteiger partial charge in [0.1, 0.15) is 0 Å². The summed E-state index contributed by atoms with van der Waals surface area (Å²) >= 11 is 2.96. The molecule has 2 N–H and O–H groups in total. The predicted molar refractivity (Wildman–Crippen MR) is 59.9 cm³/mol. The summed E-state index contributed by atoms with van der Waals surface area (Å²) in [5, 5.41) is 10.9. The van der Waals surface area contributed by atoms with E-state index < -0.39 is 17.7 Å². The van der Waals surface area contributed by atoms with E-state index in [4.69, 9.17) is 5.11 Å². The quantitative estimate of drug-likeness (QED) is 0.896. The number of benzene rings is 1. The van der Waals surface area contributed by atoms with Crippen LogP contribution >= 0.6 is 15.9 Å². The number of rotatable bonds is 4. The van der Waals surface area contributed by atoms with Crippen LogP contribution in [0.25, 0.3) is 0 Å². The van der Waals surface area contributed by atoms with E-state index in [0.717, 1.165) is 6.07 Å². The molecule has 0 aliphatic carbocycles. The standard InChI is InChI=1S/C10H9BrF3NO2/c11-6-1-2-8(15-4-3-9(16)17)7(5-6)10(12,13)14/h1-2,5,15H,3-4H2,(H,16,17). The molecule has 0 saturated carbocycles. The molecule has 0 spiro atoms. The van der Waals surface area contributed by atoms with Crippen molar-refractivity contribution in [3.05, 3.63) is 28.2 Å². The number of anilines is 1. The highest BCUT2D eigenvalue weighted by Crippen LogP contribution is 2.36. The molecule has 0 saturated heterocycles. The number of carbonyl (C=O) groups is 1. The SMILES string of the molecule is O=C(O)CCNc1ccc(Br)cc1C(F)(F)F. The highest BCUT2D eigenvalue weighted by Gasteiger charge is 2.33. The lowest BCUT2D eigenvalue weighted by atomic mass is 10.1. The molecule has 0 aliphatic heterocycles. The predicted octanol–water partition coefficient (Wildman–Crippen LogP) is 3.35. The monoisotopic (exact) mass is 311 g/mol. The van der Waals surface area contributed by atoms with Gasteiger partial charge in [0.05, 0.1) is 12.0 Å². The van der Waals surface area contributed by atoms with Crippen LogP contribution in [0.3, 0.4) is 0 Å². The van der Waals surface area contributed by atoms with Gasteiger partial charge in [-0.05, 0) is 18.2 Å². The Labute approximate surface area is 104 Å².